The second-order valence-corrected chi connectivity index (χ2v) is 8.33. The van der Waals surface area contributed by atoms with E-state index in [1.54, 1.807) is 55.8 Å². The standard InChI is InChI=1S/C26H29N5O3/c1-27-25(33)26(23-6-3-4-12-29-23)11-5-15-31(18-26)24(32)20-7-8-22(34-2)21(16-20)30-17-19-9-13-28-14-10-19/h3-4,6-10,12-14,16,30H,5,11,15,17-18H2,1-2H3,(H,27,33). The highest BCUT2D eigenvalue weighted by Gasteiger charge is 2.45. The molecule has 1 aliphatic rings. The van der Waals surface area contributed by atoms with Gasteiger partial charge in [0.2, 0.25) is 5.91 Å². The molecular weight excluding hydrogens is 430 g/mol. The van der Waals surface area contributed by atoms with E-state index in [-0.39, 0.29) is 18.4 Å². The third kappa shape index (κ3) is 4.71. The van der Waals surface area contributed by atoms with Crippen molar-refractivity contribution in [2.24, 2.45) is 0 Å². The smallest absolute Gasteiger partial charge is 0.253 e. The third-order valence-corrected chi connectivity index (χ3v) is 6.28. The van der Waals surface area contributed by atoms with Crippen LogP contribution in [0.1, 0.15) is 34.5 Å². The first kappa shape index (κ1) is 23.2. The van der Waals surface area contributed by atoms with E-state index in [2.05, 4.69) is 20.6 Å². The van der Waals surface area contributed by atoms with Crippen molar-refractivity contribution >= 4 is 17.5 Å². The normalized spacial score (nSPS) is 17.6. The van der Waals surface area contributed by atoms with Gasteiger partial charge in [-0.1, -0.05) is 6.07 Å². The van der Waals surface area contributed by atoms with Crippen LogP contribution in [0, 0.1) is 0 Å². The number of nitrogens with zero attached hydrogens (tertiary/aromatic N) is 3. The van der Waals surface area contributed by atoms with Gasteiger partial charge in [0.05, 0.1) is 18.5 Å². The van der Waals surface area contributed by atoms with Gasteiger partial charge in [0.25, 0.3) is 5.91 Å². The third-order valence-electron chi connectivity index (χ3n) is 6.28. The lowest BCUT2D eigenvalue weighted by Gasteiger charge is -2.41. The van der Waals surface area contributed by atoms with Gasteiger partial charge in [-0.05, 0) is 60.9 Å². The number of rotatable bonds is 7. The Labute approximate surface area is 199 Å². The highest BCUT2D eigenvalue weighted by molar-refractivity contribution is 5.97. The van der Waals surface area contributed by atoms with E-state index >= 15 is 0 Å². The molecule has 0 radical (unpaired) electrons. The van der Waals surface area contributed by atoms with Crippen LogP contribution >= 0.6 is 0 Å². The van der Waals surface area contributed by atoms with Crippen LogP contribution < -0.4 is 15.4 Å². The van der Waals surface area contributed by atoms with Crippen molar-refractivity contribution in [3.8, 4) is 5.75 Å². The van der Waals surface area contributed by atoms with Gasteiger partial charge < -0.3 is 20.3 Å². The monoisotopic (exact) mass is 459 g/mol. The number of hydrogen-bond donors (Lipinski definition) is 2. The lowest BCUT2D eigenvalue weighted by atomic mass is 9.75. The number of carbonyl (C=O) groups excluding carboxylic acids is 2. The van der Waals surface area contributed by atoms with Crippen LogP contribution in [0.3, 0.4) is 0 Å². The van der Waals surface area contributed by atoms with Crippen LogP contribution in [0.5, 0.6) is 5.75 Å². The van der Waals surface area contributed by atoms with E-state index in [1.807, 2.05) is 30.3 Å². The SMILES string of the molecule is CNC(=O)C1(c2ccccn2)CCCN(C(=O)c2ccc(OC)c(NCc3ccncc3)c2)C1. The second kappa shape index (κ2) is 10.3. The molecule has 0 saturated carbocycles. The summed E-state index contributed by atoms with van der Waals surface area (Å²) in [7, 11) is 3.22. The Morgan fingerprint density at radius 2 is 1.94 bits per heavy atom. The molecule has 1 unspecified atom stereocenters. The van der Waals surface area contributed by atoms with Gasteiger partial charge in [0, 0.05) is 50.8 Å². The highest BCUT2D eigenvalue weighted by atomic mass is 16.5. The number of aromatic nitrogens is 2. The molecule has 1 saturated heterocycles. The average Bonchev–Trinajstić information content (AvgIpc) is 2.91. The number of benzene rings is 1. The molecular formula is C26H29N5O3. The minimum absolute atomic E-state index is 0.126. The second-order valence-electron chi connectivity index (χ2n) is 8.33. The van der Waals surface area contributed by atoms with Crippen molar-refractivity contribution in [2.75, 3.05) is 32.6 Å². The summed E-state index contributed by atoms with van der Waals surface area (Å²) in [6.07, 6.45) is 6.51. The summed E-state index contributed by atoms with van der Waals surface area (Å²) in [5.74, 6) is 0.397. The van der Waals surface area contributed by atoms with Crippen LogP contribution in [0.4, 0.5) is 5.69 Å². The number of piperidine rings is 1. The van der Waals surface area contributed by atoms with Crippen molar-refractivity contribution < 1.29 is 14.3 Å². The Balaban J connectivity index is 1.58. The maximum Gasteiger partial charge on any atom is 0.253 e. The fourth-order valence-electron chi connectivity index (χ4n) is 4.48. The number of nitrogens with one attached hydrogen (secondary N) is 2. The van der Waals surface area contributed by atoms with Crippen LogP contribution in [0.15, 0.2) is 67.1 Å². The molecule has 2 N–H and O–H groups in total. The topological polar surface area (TPSA) is 96.5 Å². The molecule has 0 aliphatic carbocycles. The first-order valence-electron chi connectivity index (χ1n) is 11.3. The van der Waals surface area contributed by atoms with Crippen LogP contribution in [-0.4, -0.2) is 53.9 Å². The first-order chi connectivity index (χ1) is 16.6. The molecule has 1 fully saturated rings. The van der Waals surface area contributed by atoms with Gasteiger partial charge in [-0.25, -0.2) is 0 Å². The molecule has 0 bridgehead atoms. The number of ether oxygens (including phenoxy) is 1. The zero-order valence-electron chi connectivity index (χ0n) is 19.5. The maximum atomic E-state index is 13.6. The molecule has 3 aromatic rings. The number of amides is 2. The summed E-state index contributed by atoms with van der Waals surface area (Å²) in [6.45, 7) is 1.42. The van der Waals surface area contributed by atoms with Crippen molar-refractivity contribution in [3.05, 3.63) is 83.9 Å². The molecule has 1 aromatic carbocycles. The molecule has 8 nitrogen and oxygen atoms in total. The van der Waals surface area contributed by atoms with Crippen molar-refractivity contribution in [1.29, 1.82) is 0 Å². The number of hydrogen-bond acceptors (Lipinski definition) is 6. The molecule has 2 aromatic heterocycles. The highest BCUT2D eigenvalue weighted by Crippen LogP contribution is 2.35. The predicted molar refractivity (Wildman–Crippen MR) is 130 cm³/mol. The minimum atomic E-state index is -0.876. The number of likely N-dealkylation sites (tertiary alicyclic amines) is 1. The number of carbonyl (C=O) groups is 2. The summed E-state index contributed by atoms with van der Waals surface area (Å²) in [4.78, 5) is 36.8. The molecule has 1 aliphatic heterocycles. The molecule has 8 heteroatoms. The van der Waals surface area contributed by atoms with Crippen molar-refractivity contribution in [3.63, 3.8) is 0 Å². The van der Waals surface area contributed by atoms with Crippen LogP contribution in [0.25, 0.3) is 0 Å². The van der Waals surface area contributed by atoms with Gasteiger partial charge in [-0.3, -0.25) is 19.6 Å². The van der Waals surface area contributed by atoms with E-state index < -0.39 is 5.41 Å². The van der Waals surface area contributed by atoms with Gasteiger partial charge in [0.15, 0.2) is 0 Å². The van der Waals surface area contributed by atoms with Crippen LogP contribution in [-0.2, 0) is 16.8 Å². The van der Waals surface area contributed by atoms with E-state index in [0.29, 0.717) is 42.9 Å². The van der Waals surface area contributed by atoms with E-state index in [4.69, 9.17) is 4.74 Å². The number of methoxy groups -OCH3 is 1. The lowest BCUT2D eigenvalue weighted by molar-refractivity contribution is -0.128. The molecule has 0 spiro atoms. The largest absolute Gasteiger partial charge is 0.495 e. The number of pyridine rings is 2. The minimum Gasteiger partial charge on any atom is -0.495 e. The summed E-state index contributed by atoms with van der Waals surface area (Å²) >= 11 is 0. The Bertz CT molecular complexity index is 1140. The molecule has 2 amide bonds. The van der Waals surface area contributed by atoms with Gasteiger partial charge in [-0.2, -0.15) is 0 Å². The lowest BCUT2D eigenvalue weighted by Crippen LogP contribution is -2.56. The summed E-state index contributed by atoms with van der Waals surface area (Å²) in [5.41, 5.74) is 2.13. The van der Waals surface area contributed by atoms with E-state index in [9.17, 15) is 9.59 Å². The van der Waals surface area contributed by atoms with Gasteiger partial charge in [-0.15, -0.1) is 0 Å². The number of anilines is 1. The summed E-state index contributed by atoms with van der Waals surface area (Å²) < 4.78 is 5.49. The van der Waals surface area contributed by atoms with E-state index in [0.717, 1.165) is 11.3 Å². The Morgan fingerprint density at radius 1 is 1.12 bits per heavy atom. The zero-order valence-corrected chi connectivity index (χ0v) is 19.5. The molecule has 176 valence electrons. The molecule has 1 atom stereocenters. The van der Waals surface area contributed by atoms with Gasteiger partial charge in [0.1, 0.15) is 11.2 Å². The number of likely N-dealkylation sites (N-methyl/N-ethyl adjacent to an activating group) is 1. The van der Waals surface area contributed by atoms with Crippen molar-refractivity contribution in [2.45, 2.75) is 24.8 Å². The zero-order chi connectivity index (χ0) is 24.0. The van der Waals surface area contributed by atoms with E-state index in [1.165, 1.54) is 0 Å². The molecule has 3 heterocycles. The summed E-state index contributed by atoms with van der Waals surface area (Å²) in [5, 5.41) is 6.13. The fourth-order valence-corrected chi connectivity index (χ4v) is 4.48. The maximum absolute atomic E-state index is 13.6. The Kier molecular flexibility index (Phi) is 7.06. The first-order valence-corrected chi connectivity index (χ1v) is 11.3. The quantitative estimate of drug-likeness (QED) is 0.564. The summed E-state index contributed by atoms with van der Waals surface area (Å²) in [6, 6.07) is 14.8. The predicted octanol–water partition coefficient (Wildman–Crippen LogP) is 3.02. The fraction of sp³-hybridized carbons (Fsp3) is 0.308. The Morgan fingerprint density at radius 3 is 2.65 bits per heavy atom. The molecule has 4 rings (SSSR count). The van der Waals surface area contributed by atoms with Crippen LogP contribution in [0.2, 0.25) is 0 Å². The van der Waals surface area contributed by atoms with Crippen molar-refractivity contribution in [1.82, 2.24) is 20.2 Å². The van der Waals surface area contributed by atoms with Gasteiger partial charge >= 0.3 is 0 Å². The average molecular weight is 460 g/mol. The molecule has 34 heavy (non-hydrogen) atoms. The Hall–Kier alpha value is -3.94.